The molecule has 7 nitrogen and oxygen atoms in total. The van der Waals surface area contributed by atoms with Crippen molar-refractivity contribution in [2.75, 3.05) is 0 Å². The topological polar surface area (TPSA) is 65.1 Å². The zero-order valence-electron chi connectivity index (χ0n) is 36.7. The average Bonchev–Trinajstić information content (AvgIpc) is 4.11. The first-order valence-electron chi connectivity index (χ1n) is 22.8. The van der Waals surface area contributed by atoms with Crippen molar-refractivity contribution in [1.82, 2.24) is 23.1 Å². The van der Waals surface area contributed by atoms with Crippen LogP contribution in [-0.2, 0) is 19.4 Å². The van der Waals surface area contributed by atoms with E-state index in [9.17, 15) is 5.26 Å². The Morgan fingerprint density at radius 2 is 1.04 bits per heavy atom. The summed E-state index contributed by atoms with van der Waals surface area (Å²) < 4.78 is 17.2. The first kappa shape index (κ1) is 39.4. The van der Waals surface area contributed by atoms with Crippen molar-refractivity contribution in [3.05, 3.63) is 228 Å². The van der Waals surface area contributed by atoms with Crippen LogP contribution in [0.4, 0.5) is 0 Å². The van der Waals surface area contributed by atoms with E-state index in [-0.39, 0.29) is 0 Å². The monoisotopic (exact) mass is 1060 g/mol. The van der Waals surface area contributed by atoms with E-state index in [2.05, 4.69) is 226 Å². The van der Waals surface area contributed by atoms with Gasteiger partial charge in [0.1, 0.15) is 0 Å². The number of nitrogens with zero attached hydrogens (tertiary/aromatic N) is 6. The van der Waals surface area contributed by atoms with Gasteiger partial charge in [-0.15, -0.1) is 0 Å². The van der Waals surface area contributed by atoms with Gasteiger partial charge < -0.3 is 4.40 Å². The molecule has 0 radical (unpaired) electrons. The van der Waals surface area contributed by atoms with Gasteiger partial charge in [0.15, 0.2) is 0 Å². The third-order valence-electron chi connectivity index (χ3n) is 13.6. The van der Waals surface area contributed by atoms with E-state index in [1.165, 1.54) is 0 Å². The molecule has 8 heteroatoms. The maximum absolute atomic E-state index is 10.1. The van der Waals surface area contributed by atoms with Gasteiger partial charge in [-0.25, -0.2) is 0 Å². The second-order valence-electron chi connectivity index (χ2n) is 17.4. The number of aromatic nitrogens is 5. The molecule has 69 heavy (non-hydrogen) atoms. The summed E-state index contributed by atoms with van der Waals surface area (Å²) >= 11 is 2.49. The minimum absolute atomic E-state index is 0.652. The molecule has 0 spiro atoms. The Balaban J connectivity index is 0.928. The van der Waals surface area contributed by atoms with Gasteiger partial charge in [-0.1, -0.05) is 24.3 Å². The van der Waals surface area contributed by atoms with Crippen LogP contribution in [0.25, 0.3) is 110 Å². The molecule has 0 amide bonds. The zero-order chi connectivity index (χ0) is 45.7. The summed E-state index contributed by atoms with van der Waals surface area (Å²) in [6.45, 7) is 0. The second kappa shape index (κ2) is 15.4. The summed E-state index contributed by atoms with van der Waals surface area (Å²) in [5, 5.41) is 16.7. The fraction of sp³-hybridized carbons (Fsp3) is 0. The van der Waals surface area contributed by atoms with Crippen LogP contribution in [0.2, 0.25) is 0 Å². The Labute approximate surface area is 405 Å². The molecule has 0 bridgehead atoms. The third-order valence-corrected chi connectivity index (χ3v) is 14.6. The van der Waals surface area contributed by atoms with Crippen LogP contribution in [0.15, 0.2) is 219 Å². The van der Waals surface area contributed by atoms with Crippen molar-refractivity contribution in [3.63, 3.8) is 0 Å². The second-order valence-corrected chi connectivity index (χ2v) is 18.4. The minimum atomic E-state index is 0.652. The van der Waals surface area contributed by atoms with Gasteiger partial charge >= 0.3 is 294 Å². The summed E-state index contributed by atoms with van der Waals surface area (Å²) in [6, 6.07) is 76.8. The van der Waals surface area contributed by atoms with Crippen LogP contribution < -0.4 is 4.74 Å². The number of benzene rings is 9. The van der Waals surface area contributed by atoms with E-state index in [1.807, 2.05) is 36.5 Å². The molecule has 0 aliphatic rings. The molecule has 0 unspecified atom stereocenters. The molecule has 5 heterocycles. The fourth-order valence-corrected chi connectivity index (χ4v) is 11.8. The molecule has 0 saturated carbocycles. The first-order chi connectivity index (χ1) is 34.1. The number of hydrogen-bond donors (Lipinski definition) is 0. The molecule has 14 rings (SSSR count). The smallest absolute Gasteiger partial charge is 0.0570 e. The molecule has 0 aliphatic carbocycles. The first-order valence-corrected chi connectivity index (χ1v) is 24.0. The van der Waals surface area contributed by atoms with Gasteiger partial charge in [0.25, 0.3) is 0 Å². The molecule has 0 atom stereocenters. The predicted molar refractivity (Wildman–Crippen MR) is 275 cm³/mol. The zero-order valence-corrected chi connectivity index (χ0v) is 39.0. The molecule has 0 N–H and O–H groups in total. The standard InChI is InChI=1S/C61H36N6O.Pt/c62-37-39-31-51-47-21-7-8-24-53(47)67-58-36-57-49(35-50(58)52(32-39)61(51)67)48-29-28-44(34-56(48)66(57)59-27-11-12-30-63-59)68-43-20-13-19-42(33-43)64-38-65(55-26-10-9-25-54(55)64)60-45(40-15-3-1-4-16-40)22-14-23-46(60)41-17-5-2-6-18-41;/h1-36H;. The summed E-state index contributed by atoms with van der Waals surface area (Å²) in [5.41, 5.74) is 14.9. The van der Waals surface area contributed by atoms with E-state index in [0.717, 1.165) is 120 Å². The van der Waals surface area contributed by atoms with Gasteiger partial charge in [0.2, 0.25) is 0 Å². The van der Waals surface area contributed by atoms with Crippen molar-refractivity contribution in [2.45, 2.75) is 0 Å². The van der Waals surface area contributed by atoms with E-state index < -0.39 is 0 Å². The van der Waals surface area contributed by atoms with Crippen molar-refractivity contribution in [2.24, 2.45) is 0 Å². The van der Waals surface area contributed by atoms with Crippen molar-refractivity contribution in [3.8, 4) is 57.0 Å². The van der Waals surface area contributed by atoms with Crippen LogP contribution in [0.3, 0.4) is 0 Å². The quantitative estimate of drug-likeness (QED) is 0.160. The number of rotatable bonds is 7. The predicted octanol–water partition coefficient (Wildman–Crippen LogP) is 15.1. The van der Waals surface area contributed by atoms with E-state index in [0.29, 0.717) is 11.3 Å². The number of para-hydroxylation sites is 4. The number of fused-ring (bicyclic) bond motifs is 10. The number of nitriles is 1. The number of ether oxygens (including phenoxy) is 1. The SMILES string of the molecule is N#Cc1cc2c3ccccc3n3c4cc5c(cc4c(c1)c23)c1ccc(Oc2cccc(-n3[c](=[Pt])n(-c4c(-c6ccccc6)cccc4-c4ccccc4)c4ccccc43)c2)cc1n5-c1ccccn1. The Morgan fingerprint density at radius 1 is 0.435 bits per heavy atom. The molecular formula is C61H36N6OPt. The molecule has 326 valence electrons. The van der Waals surface area contributed by atoms with Crippen molar-refractivity contribution >= 4 is 70.9 Å². The molecule has 0 saturated heterocycles. The molecule has 5 aromatic heterocycles. The molecule has 0 aliphatic heterocycles. The summed E-state index contributed by atoms with van der Waals surface area (Å²) in [5.74, 6) is 2.24. The molecular weight excluding hydrogens is 1030 g/mol. The minimum Gasteiger partial charge on any atom is -0.0570 e. The normalized spacial score (nSPS) is 11.8. The number of pyridine rings is 1. The molecule has 0 fully saturated rings. The Hall–Kier alpha value is -8.82. The summed E-state index contributed by atoms with van der Waals surface area (Å²) in [4.78, 5) is 4.89. The van der Waals surface area contributed by atoms with Crippen molar-refractivity contribution < 1.29 is 24.1 Å². The van der Waals surface area contributed by atoms with Crippen LogP contribution in [0.5, 0.6) is 11.5 Å². The van der Waals surface area contributed by atoms with E-state index in [4.69, 9.17) is 9.72 Å². The third kappa shape index (κ3) is 5.96. The maximum atomic E-state index is 10.1. The van der Waals surface area contributed by atoms with Gasteiger partial charge in [-0.05, 0) is 24.3 Å². The van der Waals surface area contributed by atoms with Crippen LogP contribution in [0.1, 0.15) is 5.56 Å². The molecule has 9 aromatic carbocycles. The van der Waals surface area contributed by atoms with Gasteiger partial charge in [-0.2, -0.15) is 5.26 Å². The number of hydrogen-bond acceptors (Lipinski definition) is 3. The summed E-state index contributed by atoms with van der Waals surface area (Å²) in [6.07, 6.45) is 1.84. The fourth-order valence-electron chi connectivity index (χ4n) is 10.7. The Morgan fingerprint density at radius 3 is 1.77 bits per heavy atom. The van der Waals surface area contributed by atoms with E-state index in [1.54, 1.807) is 0 Å². The van der Waals surface area contributed by atoms with E-state index >= 15 is 0 Å². The van der Waals surface area contributed by atoms with Crippen LogP contribution in [0, 0.1) is 15.1 Å². The number of imidazole rings is 1. The van der Waals surface area contributed by atoms with Crippen LogP contribution in [-0.4, -0.2) is 23.1 Å². The van der Waals surface area contributed by atoms with Crippen molar-refractivity contribution in [1.29, 1.82) is 5.26 Å². The molecule has 14 aromatic rings. The van der Waals surface area contributed by atoms with Gasteiger partial charge in [0, 0.05) is 27.7 Å². The van der Waals surface area contributed by atoms with Gasteiger partial charge in [-0.3, -0.25) is 0 Å². The Kier molecular flexibility index (Phi) is 8.76. The average molecular weight is 1060 g/mol. The Bertz CT molecular complexity index is 4430. The van der Waals surface area contributed by atoms with Crippen LogP contribution >= 0.6 is 0 Å². The van der Waals surface area contributed by atoms with Gasteiger partial charge in [0.05, 0.1) is 28.2 Å². The summed E-state index contributed by atoms with van der Waals surface area (Å²) in [7, 11) is 0.